The fourth-order valence-corrected chi connectivity index (χ4v) is 2.87. The predicted octanol–water partition coefficient (Wildman–Crippen LogP) is 2.70. The summed E-state index contributed by atoms with van der Waals surface area (Å²) in [6.45, 7) is 5.48. The van der Waals surface area contributed by atoms with E-state index in [1.807, 2.05) is 6.07 Å². The molecule has 0 radical (unpaired) electrons. The van der Waals surface area contributed by atoms with Crippen molar-refractivity contribution in [3.05, 3.63) is 23.9 Å². The van der Waals surface area contributed by atoms with E-state index in [0.29, 0.717) is 4.83 Å². The highest BCUT2D eigenvalue weighted by atomic mass is 79.9. The highest BCUT2D eigenvalue weighted by Crippen LogP contribution is 2.25. The van der Waals surface area contributed by atoms with Crippen molar-refractivity contribution in [3.8, 4) is 5.88 Å². The zero-order valence-corrected chi connectivity index (χ0v) is 12.0. The van der Waals surface area contributed by atoms with E-state index in [0.717, 1.165) is 31.4 Å². The van der Waals surface area contributed by atoms with Gasteiger partial charge in [0.2, 0.25) is 5.88 Å². The van der Waals surface area contributed by atoms with E-state index in [9.17, 15) is 0 Å². The van der Waals surface area contributed by atoms with Crippen LogP contribution < -0.4 is 4.74 Å². The standard InChI is InChI=1S/C13H19BrN2O/c1-10-5-7-16(9-12(10)14)8-11-4-3-6-15-13(11)17-2/h3-4,6,10,12H,5,7-9H2,1-2H3. The monoisotopic (exact) mass is 298 g/mol. The Morgan fingerprint density at radius 3 is 3.12 bits per heavy atom. The number of hydrogen-bond acceptors (Lipinski definition) is 3. The van der Waals surface area contributed by atoms with E-state index >= 15 is 0 Å². The average Bonchev–Trinajstić information content (AvgIpc) is 2.34. The Balaban J connectivity index is 2.01. The van der Waals surface area contributed by atoms with Gasteiger partial charge < -0.3 is 4.74 Å². The van der Waals surface area contributed by atoms with Crippen molar-refractivity contribution in [2.45, 2.75) is 24.7 Å². The minimum Gasteiger partial charge on any atom is -0.481 e. The van der Waals surface area contributed by atoms with Crippen molar-refractivity contribution < 1.29 is 4.74 Å². The molecule has 2 rings (SSSR count). The van der Waals surface area contributed by atoms with Gasteiger partial charge in [-0.25, -0.2) is 4.98 Å². The van der Waals surface area contributed by atoms with Crippen LogP contribution in [0.5, 0.6) is 5.88 Å². The van der Waals surface area contributed by atoms with Crippen molar-refractivity contribution in [2.24, 2.45) is 5.92 Å². The van der Waals surface area contributed by atoms with Crippen LogP contribution in [0.2, 0.25) is 0 Å². The number of piperidine rings is 1. The van der Waals surface area contributed by atoms with Gasteiger partial charge in [0.1, 0.15) is 0 Å². The maximum Gasteiger partial charge on any atom is 0.217 e. The smallest absolute Gasteiger partial charge is 0.217 e. The number of halogens is 1. The molecule has 0 aliphatic carbocycles. The Labute approximate surface area is 111 Å². The van der Waals surface area contributed by atoms with Crippen LogP contribution in [-0.4, -0.2) is 34.9 Å². The zero-order chi connectivity index (χ0) is 12.3. The molecule has 0 N–H and O–H groups in total. The number of ether oxygens (including phenoxy) is 1. The maximum absolute atomic E-state index is 5.29. The predicted molar refractivity (Wildman–Crippen MR) is 72.6 cm³/mol. The summed E-state index contributed by atoms with van der Waals surface area (Å²) in [7, 11) is 1.68. The van der Waals surface area contributed by atoms with Gasteiger partial charge in [0, 0.05) is 29.7 Å². The minimum atomic E-state index is 0.596. The van der Waals surface area contributed by atoms with Crippen LogP contribution in [0.4, 0.5) is 0 Å². The van der Waals surface area contributed by atoms with Gasteiger partial charge in [-0.3, -0.25) is 4.90 Å². The van der Waals surface area contributed by atoms with Crippen LogP contribution in [0.25, 0.3) is 0 Å². The Morgan fingerprint density at radius 2 is 2.41 bits per heavy atom. The fourth-order valence-electron chi connectivity index (χ4n) is 2.20. The summed E-state index contributed by atoms with van der Waals surface area (Å²) in [5.41, 5.74) is 1.17. The molecule has 4 heteroatoms. The Bertz CT molecular complexity index is 372. The molecule has 1 aromatic rings. The SMILES string of the molecule is COc1ncccc1CN1CCC(C)C(Br)C1. The Kier molecular flexibility index (Phi) is 4.40. The molecular formula is C13H19BrN2O. The van der Waals surface area contributed by atoms with Gasteiger partial charge in [-0.1, -0.05) is 28.9 Å². The van der Waals surface area contributed by atoms with E-state index in [-0.39, 0.29) is 0 Å². The maximum atomic E-state index is 5.29. The molecule has 3 nitrogen and oxygen atoms in total. The minimum absolute atomic E-state index is 0.596. The summed E-state index contributed by atoms with van der Waals surface area (Å²) < 4.78 is 5.29. The van der Waals surface area contributed by atoms with E-state index in [1.165, 1.54) is 12.0 Å². The normalized spacial score (nSPS) is 25.8. The highest BCUT2D eigenvalue weighted by molar-refractivity contribution is 9.09. The van der Waals surface area contributed by atoms with E-state index in [2.05, 4.69) is 38.8 Å². The van der Waals surface area contributed by atoms with Crippen molar-refractivity contribution in [3.63, 3.8) is 0 Å². The first-order valence-electron chi connectivity index (χ1n) is 6.05. The van der Waals surface area contributed by atoms with Crippen LogP contribution in [0, 0.1) is 5.92 Å². The number of hydrogen-bond donors (Lipinski definition) is 0. The molecule has 1 aliphatic heterocycles. The van der Waals surface area contributed by atoms with Crippen molar-refractivity contribution >= 4 is 15.9 Å². The summed E-state index contributed by atoms with van der Waals surface area (Å²) >= 11 is 3.75. The second kappa shape index (κ2) is 5.83. The molecule has 17 heavy (non-hydrogen) atoms. The lowest BCUT2D eigenvalue weighted by molar-refractivity contribution is 0.191. The lowest BCUT2D eigenvalue weighted by Crippen LogP contribution is -2.39. The van der Waals surface area contributed by atoms with Gasteiger partial charge in [0.05, 0.1) is 7.11 Å². The molecule has 2 atom stereocenters. The molecule has 94 valence electrons. The number of aromatic nitrogens is 1. The number of rotatable bonds is 3. The Hall–Kier alpha value is -0.610. The third-order valence-corrected chi connectivity index (χ3v) is 4.58. The summed E-state index contributed by atoms with van der Waals surface area (Å²) in [6, 6.07) is 4.06. The molecular weight excluding hydrogens is 280 g/mol. The van der Waals surface area contributed by atoms with Gasteiger partial charge in [-0.15, -0.1) is 0 Å². The number of pyridine rings is 1. The van der Waals surface area contributed by atoms with Crippen LogP contribution >= 0.6 is 15.9 Å². The number of nitrogens with zero attached hydrogens (tertiary/aromatic N) is 2. The van der Waals surface area contributed by atoms with Gasteiger partial charge in [-0.2, -0.15) is 0 Å². The lowest BCUT2D eigenvalue weighted by Gasteiger charge is -2.34. The third-order valence-electron chi connectivity index (χ3n) is 3.39. The molecule has 0 aromatic carbocycles. The first-order chi connectivity index (χ1) is 8.20. The summed E-state index contributed by atoms with van der Waals surface area (Å²) in [4.78, 5) is 7.29. The van der Waals surface area contributed by atoms with Crippen LogP contribution in [0.15, 0.2) is 18.3 Å². The Morgan fingerprint density at radius 1 is 1.59 bits per heavy atom. The molecule has 2 heterocycles. The van der Waals surface area contributed by atoms with Crippen LogP contribution in [-0.2, 0) is 6.54 Å². The zero-order valence-electron chi connectivity index (χ0n) is 10.4. The van der Waals surface area contributed by atoms with Crippen LogP contribution in [0.3, 0.4) is 0 Å². The topological polar surface area (TPSA) is 25.4 Å². The highest BCUT2D eigenvalue weighted by Gasteiger charge is 2.24. The summed E-state index contributed by atoms with van der Waals surface area (Å²) in [6.07, 6.45) is 3.02. The van der Waals surface area contributed by atoms with E-state index < -0.39 is 0 Å². The second-order valence-corrected chi connectivity index (χ2v) is 5.87. The van der Waals surface area contributed by atoms with Gasteiger partial charge in [0.15, 0.2) is 0 Å². The van der Waals surface area contributed by atoms with E-state index in [4.69, 9.17) is 4.74 Å². The largest absolute Gasteiger partial charge is 0.481 e. The van der Waals surface area contributed by atoms with Gasteiger partial charge in [0.25, 0.3) is 0 Å². The molecule has 1 aromatic heterocycles. The molecule has 1 saturated heterocycles. The molecule has 0 spiro atoms. The number of methoxy groups -OCH3 is 1. The number of alkyl halides is 1. The molecule has 0 bridgehead atoms. The quantitative estimate of drug-likeness (QED) is 0.802. The second-order valence-electron chi connectivity index (χ2n) is 4.69. The molecule has 0 amide bonds. The van der Waals surface area contributed by atoms with Gasteiger partial charge in [-0.05, 0) is 24.9 Å². The summed E-state index contributed by atoms with van der Waals surface area (Å²) in [5, 5.41) is 0. The third kappa shape index (κ3) is 3.19. The van der Waals surface area contributed by atoms with Crippen molar-refractivity contribution in [1.82, 2.24) is 9.88 Å². The molecule has 1 fully saturated rings. The summed E-state index contributed by atoms with van der Waals surface area (Å²) in [5.74, 6) is 1.51. The first-order valence-corrected chi connectivity index (χ1v) is 6.96. The van der Waals surface area contributed by atoms with Crippen molar-refractivity contribution in [2.75, 3.05) is 20.2 Å². The fraction of sp³-hybridized carbons (Fsp3) is 0.615. The number of likely N-dealkylation sites (tertiary alicyclic amines) is 1. The van der Waals surface area contributed by atoms with Crippen molar-refractivity contribution in [1.29, 1.82) is 0 Å². The molecule has 1 aliphatic rings. The van der Waals surface area contributed by atoms with E-state index in [1.54, 1.807) is 13.3 Å². The lowest BCUT2D eigenvalue weighted by atomic mass is 9.99. The average molecular weight is 299 g/mol. The molecule has 0 saturated carbocycles. The van der Waals surface area contributed by atoms with Gasteiger partial charge >= 0.3 is 0 Å². The first kappa shape index (κ1) is 12.8. The van der Waals surface area contributed by atoms with Crippen LogP contribution in [0.1, 0.15) is 18.9 Å². The molecule has 2 unspecified atom stereocenters.